The third kappa shape index (κ3) is 5.80. The summed E-state index contributed by atoms with van der Waals surface area (Å²) >= 11 is 1.35. The lowest BCUT2D eigenvalue weighted by Gasteiger charge is -2.11. The topological polar surface area (TPSA) is 64.4 Å². The number of rotatable bonds is 6. The predicted octanol–water partition coefficient (Wildman–Crippen LogP) is 4.14. The van der Waals surface area contributed by atoms with E-state index in [4.69, 9.17) is 4.52 Å². The van der Waals surface area contributed by atoms with Gasteiger partial charge in [0, 0.05) is 11.8 Å². The maximum atomic E-state index is 12.1. The maximum absolute atomic E-state index is 12.1. The molecule has 1 aromatic heterocycles. The fourth-order valence-corrected chi connectivity index (χ4v) is 2.58. The SMILES string of the molecule is Cc1cc(NC(=O)C(C)SCc2ccc(OC(F)(F)F)cc2)no1. The average molecular weight is 360 g/mol. The van der Waals surface area contributed by atoms with E-state index in [-0.39, 0.29) is 16.9 Å². The number of hydrogen-bond donors (Lipinski definition) is 1. The number of ether oxygens (including phenoxy) is 1. The van der Waals surface area contributed by atoms with Crippen LogP contribution in [0.3, 0.4) is 0 Å². The van der Waals surface area contributed by atoms with Gasteiger partial charge in [-0.3, -0.25) is 4.79 Å². The molecular formula is C15H15F3N2O3S. The van der Waals surface area contributed by atoms with Gasteiger partial charge in [-0.15, -0.1) is 24.9 Å². The molecule has 1 atom stereocenters. The Kier molecular flexibility index (Phi) is 5.76. The van der Waals surface area contributed by atoms with Crippen molar-refractivity contribution in [2.45, 2.75) is 31.2 Å². The summed E-state index contributed by atoms with van der Waals surface area (Å²) in [5.41, 5.74) is 0.784. The van der Waals surface area contributed by atoms with E-state index in [0.29, 0.717) is 17.3 Å². The van der Waals surface area contributed by atoms with Crippen molar-refractivity contribution < 1.29 is 27.2 Å². The highest BCUT2D eigenvalue weighted by Gasteiger charge is 2.30. The Morgan fingerprint density at radius 2 is 2.04 bits per heavy atom. The Bertz CT molecular complexity index is 686. The lowest BCUT2D eigenvalue weighted by Crippen LogP contribution is -2.22. The van der Waals surface area contributed by atoms with Crippen molar-refractivity contribution in [2.24, 2.45) is 0 Å². The summed E-state index contributed by atoms with van der Waals surface area (Å²) in [5, 5.41) is 5.93. The number of nitrogens with one attached hydrogen (secondary N) is 1. The largest absolute Gasteiger partial charge is 0.573 e. The molecule has 9 heteroatoms. The molecule has 1 aromatic carbocycles. The summed E-state index contributed by atoms with van der Waals surface area (Å²) in [6.45, 7) is 3.45. The number of amides is 1. The molecule has 1 amide bonds. The third-order valence-electron chi connectivity index (χ3n) is 2.91. The number of hydrogen-bond acceptors (Lipinski definition) is 5. The highest BCUT2D eigenvalue weighted by atomic mass is 32.2. The molecule has 0 spiro atoms. The van der Waals surface area contributed by atoms with Crippen molar-refractivity contribution in [3.63, 3.8) is 0 Å². The molecule has 0 aliphatic rings. The van der Waals surface area contributed by atoms with E-state index in [0.717, 1.165) is 5.56 Å². The summed E-state index contributed by atoms with van der Waals surface area (Å²) in [4.78, 5) is 12.0. The summed E-state index contributed by atoms with van der Waals surface area (Å²) < 4.78 is 44.9. The van der Waals surface area contributed by atoms with E-state index in [1.54, 1.807) is 19.9 Å². The Balaban J connectivity index is 1.82. The number of carbonyl (C=O) groups is 1. The number of alkyl halides is 3. The van der Waals surface area contributed by atoms with Crippen molar-refractivity contribution >= 4 is 23.5 Å². The number of anilines is 1. The summed E-state index contributed by atoms with van der Waals surface area (Å²) in [6, 6.07) is 7.15. The Labute approximate surface area is 140 Å². The number of halogens is 3. The van der Waals surface area contributed by atoms with Gasteiger partial charge in [-0.2, -0.15) is 0 Å². The molecule has 130 valence electrons. The van der Waals surface area contributed by atoms with Gasteiger partial charge in [-0.05, 0) is 31.5 Å². The highest BCUT2D eigenvalue weighted by Crippen LogP contribution is 2.25. The maximum Gasteiger partial charge on any atom is 0.573 e. The van der Waals surface area contributed by atoms with Crippen LogP contribution < -0.4 is 10.1 Å². The molecule has 0 aliphatic heterocycles. The van der Waals surface area contributed by atoms with Crippen LogP contribution in [0.15, 0.2) is 34.9 Å². The van der Waals surface area contributed by atoms with Crippen molar-refractivity contribution in [1.82, 2.24) is 5.16 Å². The summed E-state index contributed by atoms with van der Waals surface area (Å²) in [7, 11) is 0. The van der Waals surface area contributed by atoms with Gasteiger partial charge < -0.3 is 14.6 Å². The van der Waals surface area contributed by atoms with E-state index in [9.17, 15) is 18.0 Å². The number of thioether (sulfide) groups is 1. The van der Waals surface area contributed by atoms with E-state index >= 15 is 0 Å². The second-order valence-electron chi connectivity index (χ2n) is 4.96. The van der Waals surface area contributed by atoms with Crippen LogP contribution in [0.25, 0.3) is 0 Å². The van der Waals surface area contributed by atoms with E-state index in [2.05, 4.69) is 15.2 Å². The molecule has 24 heavy (non-hydrogen) atoms. The van der Waals surface area contributed by atoms with Gasteiger partial charge in [0.15, 0.2) is 5.82 Å². The Morgan fingerprint density at radius 1 is 1.38 bits per heavy atom. The van der Waals surface area contributed by atoms with Crippen LogP contribution >= 0.6 is 11.8 Å². The van der Waals surface area contributed by atoms with Crippen molar-refractivity contribution in [1.29, 1.82) is 0 Å². The molecule has 1 unspecified atom stereocenters. The number of carbonyl (C=O) groups excluding carboxylic acids is 1. The van der Waals surface area contributed by atoms with Crippen LogP contribution in [0, 0.1) is 6.92 Å². The van der Waals surface area contributed by atoms with Crippen LogP contribution in [0.5, 0.6) is 5.75 Å². The first-order chi connectivity index (χ1) is 11.2. The first kappa shape index (κ1) is 18.2. The minimum absolute atomic E-state index is 0.231. The fraction of sp³-hybridized carbons (Fsp3) is 0.333. The minimum atomic E-state index is -4.71. The summed E-state index contributed by atoms with van der Waals surface area (Å²) in [6.07, 6.45) is -4.71. The fourth-order valence-electron chi connectivity index (χ4n) is 1.74. The van der Waals surface area contributed by atoms with Crippen molar-refractivity contribution in [3.8, 4) is 5.75 Å². The van der Waals surface area contributed by atoms with Gasteiger partial charge >= 0.3 is 6.36 Å². The van der Waals surface area contributed by atoms with Crippen LogP contribution in [0.2, 0.25) is 0 Å². The molecule has 0 saturated heterocycles. The van der Waals surface area contributed by atoms with Gasteiger partial charge in [0.1, 0.15) is 11.5 Å². The highest BCUT2D eigenvalue weighted by molar-refractivity contribution is 7.99. The Morgan fingerprint density at radius 3 is 2.58 bits per heavy atom. The first-order valence-corrected chi connectivity index (χ1v) is 7.98. The van der Waals surface area contributed by atoms with E-state index in [1.165, 1.54) is 36.0 Å². The molecule has 0 saturated carbocycles. The van der Waals surface area contributed by atoms with E-state index in [1.807, 2.05) is 0 Å². The zero-order valence-electron chi connectivity index (χ0n) is 12.9. The van der Waals surface area contributed by atoms with Gasteiger partial charge in [-0.25, -0.2) is 0 Å². The second-order valence-corrected chi connectivity index (χ2v) is 6.29. The molecule has 1 N–H and O–H groups in total. The lowest BCUT2D eigenvalue weighted by atomic mass is 10.2. The molecule has 0 radical (unpaired) electrons. The molecule has 0 aliphatic carbocycles. The quantitative estimate of drug-likeness (QED) is 0.839. The normalized spacial score (nSPS) is 12.7. The molecule has 2 aromatic rings. The van der Waals surface area contributed by atoms with Gasteiger partial charge in [0.05, 0.1) is 5.25 Å². The molecule has 1 heterocycles. The standard InChI is InChI=1S/C15H15F3N2O3S/c1-9-7-13(20-23-9)19-14(21)10(2)24-8-11-3-5-12(6-4-11)22-15(16,17)18/h3-7,10H,8H2,1-2H3,(H,19,20,21). The zero-order chi connectivity index (χ0) is 17.7. The molecule has 0 fully saturated rings. The van der Waals surface area contributed by atoms with Gasteiger partial charge in [-0.1, -0.05) is 17.3 Å². The molecule has 2 rings (SSSR count). The van der Waals surface area contributed by atoms with Crippen LogP contribution in [-0.2, 0) is 10.5 Å². The number of nitrogens with zero attached hydrogens (tertiary/aromatic N) is 1. The average Bonchev–Trinajstić information content (AvgIpc) is 2.89. The van der Waals surface area contributed by atoms with Crippen molar-refractivity contribution in [2.75, 3.05) is 5.32 Å². The number of benzene rings is 1. The molecular weight excluding hydrogens is 345 g/mol. The van der Waals surface area contributed by atoms with Crippen LogP contribution in [-0.4, -0.2) is 22.7 Å². The van der Waals surface area contributed by atoms with Crippen LogP contribution in [0.1, 0.15) is 18.2 Å². The van der Waals surface area contributed by atoms with Gasteiger partial charge in [0.2, 0.25) is 5.91 Å². The third-order valence-corrected chi connectivity index (χ3v) is 4.12. The molecule has 5 nitrogen and oxygen atoms in total. The lowest BCUT2D eigenvalue weighted by molar-refractivity contribution is -0.274. The first-order valence-electron chi connectivity index (χ1n) is 6.93. The number of aromatic nitrogens is 1. The zero-order valence-corrected chi connectivity index (χ0v) is 13.7. The minimum Gasteiger partial charge on any atom is -0.406 e. The number of aryl methyl sites for hydroxylation is 1. The van der Waals surface area contributed by atoms with E-state index < -0.39 is 6.36 Å². The van der Waals surface area contributed by atoms with Crippen LogP contribution in [0.4, 0.5) is 19.0 Å². The smallest absolute Gasteiger partial charge is 0.406 e. The monoisotopic (exact) mass is 360 g/mol. The second kappa shape index (κ2) is 7.61. The Hall–Kier alpha value is -2.16. The summed E-state index contributed by atoms with van der Waals surface area (Å²) in [5.74, 6) is 0.901. The van der Waals surface area contributed by atoms with Gasteiger partial charge in [0.25, 0.3) is 0 Å². The van der Waals surface area contributed by atoms with Crippen molar-refractivity contribution in [3.05, 3.63) is 41.7 Å². The predicted molar refractivity (Wildman–Crippen MR) is 83.8 cm³/mol. The molecule has 0 bridgehead atoms.